The Morgan fingerprint density at radius 1 is 1.05 bits per heavy atom. The van der Waals surface area contributed by atoms with Crippen molar-refractivity contribution in [3.05, 3.63) is 0 Å². The normalized spacial score (nSPS) is 31.5. The smallest absolute Gasteiger partial charge is 0.547 e. The summed E-state index contributed by atoms with van der Waals surface area (Å²) in [7, 11) is 0. The molecule has 1 aliphatic heterocycles. The summed E-state index contributed by atoms with van der Waals surface area (Å²) in [6.07, 6.45) is -1.51. The number of ether oxygens (including phenoxy) is 2. The summed E-state index contributed by atoms with van der Waals surface area (Å²) < 4.78 is 10.2. The summed E-state index contributed by atoms with van der Waals surface area (Å²) in [5, 5.41) is 39.6. The molecular weight excluding hydrogens is 303 g/mol. The van der Waals surface area contributed by atoms with Gasteiger partial charge in [0.25, 0.3) is 0 Å². The van der Waals surface area contributed by atoms with Crippen LogP contribution in [0.2, 0.25) is 0 Å². The monoisotopic (exact) mass is 328 g/mol. The van der Waals surface area contributed by atoms with E-state index in [1.54, 1.807) is 0 Å². The quantitative estimate of drug-likeness (QED) is 0.291. The number of carboxylic acids is 1. The molecule has 0 saturated carbocycles. The molecule has 0 radical (unpaired) electrons. The summed E-state index contributed by atoms with van der Waals surface area (Å²) in [4.78, 5) is 10.8. The number of hydrogen-bond acceptors (Lipinski definition) is 7. The number of carboxylic acid groups (broad SMARTS) is 1. The molecular formula is C14H25NaO7. The van der Waals surface area contributed by atoms with Gasteiger partial charge < -0.3 is 34.7 Å². The zero-order chi connectivity index (χ0) is 15.8. The second kappa shape index (κ2) is 11.8. The molecule has 1 fully saturated rings. The number of unbranched alkanes of at least 4 members (excludes halogenated alkanes) is 5. The minimum atomic E-state index is -1.74. The topological polar surface area (TPSA) is 119 Å². The molecule has 1 aliphatic rings. The number of carbonyl (C=O) groups is 1. The van der Waals surface area contributed by atoms with E-state index in [0.717, 1.165) is 25.7 Å². The van der Waals surface area contributed by atoms with Crippen LogP contribution in [0.1, 0.15) is 45.4 Å². The molecule has 5 atom stereocenters. The van der Waals surface area contributed by atoms with Crippen LogP contribution in [0.3, 0.4) is 0 Å². The van der Waals surface area contributed by atoms with E-state index in [1.807, 2.05) is 0 Å². The first-order valence-corrected chi connectivity index (χ1v) is 7.51. The molecule has 7 nitrogen and oxygen atoms in total. The van der Waals surface area contributed by atoms with E-state index in [0.29, 0.717) is 0 Å². The van der Waals surface area contributed by atoms with Crippen LogP contribution in [-0.4, -0.2) is 58.6 Å². The van der Waals surface area contributed by atoms with Gasteiger partial charge in [0.05, 0.1) is 5.97 Å². The first-order chi connectivity index (χ1) is 9.99. The molecule has 0 aromatic carbocycles. The predicted octanol–water partition coefficient (Wildman–Crippen LogP) is -4.07. The second-order valence-corrected chi connectivity index (χ2v) is 5.35. The number of aliphatic hydroxyl groups is 3. The Morgan fingerprint density at radius 3 is 2.23 bits per heavy atom. The molecule has 0 aliphatic carbocycles. The first-order valence-electron chi connectivity index (χ1n) is 7.51. The average molecular weight is 328 g/mol. The fourth-order valence-electron chi connectivity index (χ4n) is 2.26. The van der Waals surface area contributed by atoms with Crippen LogP contribution in [-0.2, 0) is 14.3 Å². The fourth-order valence-corrected chi connectivity index (χ4v) is 2.26. The number of aliphatic carboxylic acids is 1. The van der Waals surface area contributed by atoms with Crippen molar-refractivity contribution in [3.8, 4) is 0 Å². The van der Waals surface area contributed by atoms with Crippen LogP contribution < -0.4 is 34.7 Å². The van der Waals surface area contributed by atoms with E-state index in [2.05, 4.69) is 6.92 Å². The van der Waals surface area contributed by atoms with Crippen LogP contribution in [0.15, 0.2) is 0 Å². The number of hydrogen-bond donors (Lipinski definition) is 3. The largest absolute Gasteiger partial charge is 1.00 e. The van der Waals surface area contributed by atoms with Gasteiger partial charge in [-0.15, -0.1) is 0 Å². The Bertz CT molecular complexity index is 316. The van der Waals surface area contributed by atoms with Gasteiger partial charge in [-0.2, -0.15) is 0 Å². The summed E-state index contributed by atoms with van der Waals surface area (Å²) in [6, 6.07) is 0. The molecule has 1 rings (SSSR count). The van der Waals surface area contributed by atoms with Gasteiger partial charge in [0, 0.05) is 6.61 Å². The third-order valence-corrected chi connectivity index (χ3v) is 3.58. The van der Waals surface area contributed by atoms with E-state index in [4.69, 9.17) is 9.47 Å². The Morgan fingerprint density at radius 2 is 1.64 bits per heavy atom. The van der Waals surface area contributed by atoms with Crippen LogP contribution in [0.4, 0.5) is 0 Å². The van der Waals surface area contributed by atoms with Gasteiger partial charge in [0.1, 0.15) is 24.4 Å². The molecule has 0 amide bonds. The van der Waals surface area contributed by atoms with Crippen LogP contribution in [0, 0.1) is 0 Å². The maximum absolute atomic E-state index is 10.8. The van der Waals surface area contributed by atoms with E-state index in [9.17, 15) is 25.2 Å². The van der Waals surface area contributed by atoms with Crippen molar-refractivity contribution in [2.75, 3.05) is 6.61 Å². The minimum absolute atomic E-state index is 0. The molecule has 124 valence electrons. The van der Waals surface area contributed by atoms with Crippen molar-refractivity contribution in [1.82, 2.24) is 0 Å². The van der Waals surface area contributed by atoms with Gasteiger partial charge in [-0.05, 0) is 6.42 Å². The van der Waals surface area contributed by atoms with Crippen LogP contribution in [0.25, 0.3) is 0 Å². The standard InChI is InChI=1S/C14H26O7.Na/c1-2-3-4-5-6-7-8-20-14-11(17)9(15)10(16)12(21-14)13(18)19;/h9-12,14-17H,2-8H2,1H3,(H,18,19);/q;+1/p-1/t9-,10+,11+,12-,14-;/m0./s1. The van der Waals surface area contributed by atoms with Crippen molar-refractivity contribution in [1.29, 1.82) is 0 Å². The van der Waals surface area contributed by atoms with Crippen molar-refractivity contribution in [2.45, 2.75) is 76.2 Å². The fraction of sp³-hybridized carbons (Fsp3) is 0.929. The Balaban J connectivity index is 0.00000441. The molecule has 1 saturated heterocycles. The van der Waals surface area contributed by atoms with Gasteiger partial charge in [-0.25, -0.2) is 0 Å². The molecule has 0 aromatic rings. The third-order valence-electron chi connectivity index (χ3n) is 3.58. The summed E-state index contributed by atoms with van der Waals surface area (Å²) in [5.74, 6) is -1.65. The Labute approximate surface area is 152 Å². The van der Waals surface area contributed by atoms with Gasteiger partial charge in [0.2, 0.25) is 0 Å². The maximum Gasteiger partial charge on any atom is 1.00 e. The second-order valence-electron chi connectivity index (χ2n) is 5.35. The van der Waals surface area contributed by atoms with Crippen molar-refractivity contribution < 1.29 is 64.3 Å². The molecule has 8 heteroatoms. The molecule has 3 N–H and O–H groups in total. The number of aliphatic hydroxyl groups excluding tert-OH is 3. The third kappa shape index (κ3) is 6.80. The molecule has 0 bridgehead atoms. The molecule has 0 aromatic heterocycles. The predicted molar refractivity (Wildman–Crippen MR) is 71.0 cm³/mol. The van der Waals surface area contributed by atoms with Crippen molar-refractivity contribution in [2.24, 2.45) is 0 Å². The van der Waals surface area contributed by atoms with Crippen molar-refractivity contribution in [3.63, 3.8) is 0 Å². The summed E-state index contributed by atoms with van der Waals surface area (Å²) in [6.45, 7) is 2.43. The van der Waals surface area contributed by atoms with Gasteiger partial charge >= 0.3 is 29.6 Å². The van der Waals surface area contributed by atoms with Crippen LogP contribution >= 0.6 is 0 Å². The average Bonchev–Trinajstić information content (AvgIpc) is 2.45. The number of rotatable bonds is 9. The zero-order valence-corrected chi connectivity index (χ0v) is 15.3. The Kier molecular flexibility index (Phi) is 11.9. The summed E-state index contributed by atoms with van der Waals surface area (Å²) >= 11 is 0. The van der Waals surface area contributed by atoms with E-state index in [1.165, 1.54) is 12.8 Å². The molecule has 1 heterocycles. The SMILES string of the molecule is CCCCCCCCO[C@H]1O[C@H](C(=O)[O-])[C@H](O)[C@H](O)[C@H]1O.[Na+]. The van der Waals surface area contributed by atoms with E-state index in [-0.39, 0.29) is 36.2 Å². The molecule has 0 spiro atoms. The molecule has 22 heavy (non-hydrogen) atoms. The first kappa shape index (κ1) is 22.3. The van der Waals surface area contributed by atoms with Gasteiger partial charge in [-0.1, -0.05) is 39.0 Å². The molecule has 0 unspecified atom stereocenters. The number of carbonyl (C=O) groups excluding carboxylic acids is 1. The minimum Gasteiger partial charge on any atom is -0.547 e. The van der Waals surface area contributed by atoms with Gasteiger partial charge in [-0.3, -0.25) is 0 Å². The zero-order valence-electron chi connectivity index (χ0n) is 13.3. The maximum atomic E-state index is 10.8. The van der Waals surface area contributed by atoms with E-state index >= 15 is 0 Å². The van der Waals surface area contributed by atoms with Crippen molar-refractivity contribution >= 4 is 5.97 Å². The van der Waals surface area contributed by atoms with Gasteiger partial charge in [0.15, 0.2) is 6.29 Å². The van der Waals surface area contributed by atoms with Crippen LogP contribution in [0.5, 0.6) is 0 Å². The summed E-state index contributed by atoms with van der Waals surface area (Å²) in [5.41, 5.74) is 0. The van der Waals surface area contributed by atoms with E-state index < -0.39 is 36.7 Å². The Hall–Kier alpha value is 0.270.